The summed E-state index contributed by atoms with van der Waals surface area (Å²) in [6.45, 7) is -0.0561. The Hall–Kier alpha value is -3.05. The quantitative estimate of drug-likeness (QED) is 0.591. The van der Waals surface area contributed by atoms with Gasteiger partial charge in [0.15, 0.2) is 0 Å². The Bertz CT molecular complexity index is 1230. The Labute approximate surface area is 190 Å². The number of aromatic nitrogens is 2. The number of rotatable bonds is 6. The predicted octanol–water partition coefficient (Wildman–Crippen LogP) is 3.25. The fourth-order valence-corrected chi connectivity index (χ4v) is 5.38. The molecule has 8 nitrogen and oxygen atoms in total. The van der Waals surface area contributed by atoms with Crippen LogP contribution in [0.1, 0.15) is 25.2 Å². The summed E-state index contributed by atoms with van der Waals surface area (Å²) < 4.78 is 55.1. The van der Waals surface area contributed by atoms with E-state index in [4.69, 9.17) is 0 Å². The molecule has 1 aliphatic rings. The van der Waals surface area contributed by atoms with Crippen molar-refractivity contribution >= 4 is 27.1 Å². The average Bonchev–Trinajstić information content (AvgIpc) is 3.23. The van der Waals surface area contributed by atoms with Gasteiger partial charge in [0.2, 0.25) is 10.0 Å². The molecule has 0 spiro atoms. The minimum absolute atomic E-state index is 0.122. The lowest BCUT2D eigenvalue weighted by atomic mass is 10.1. The molecule has 1 aromatic heterocycles. The van der Waals surface area contributed by atoms with Crippen LogP contribution < -0.4 is 5.32 Å². The van der Waals surface area contributed by atoms with E-state index >= 15 is 0 Å². The van der Waals surface area contributed by atoms with Crippen LogP contribution in [-0.2, 0) is 10.0 Å². The number of fused-ring (bicyclic) bond motifs is 1. The number of carbonyl (C=O) groups is 1. The molecule has 176 valence electrons. The first-order valence-electron chi connectivity index (χ1n) is 10.6. The number of carbonyl (C=O) groups excluding carboxylic acids is 1. The van der Waals surface area contributed by atoms with E-state index in [9.17, 15) is 22.0 Å². The van der Waals surface area contributed by atoms with Gasteiger partial charge in [0, 0.05) is 38.6 Å². The zero-order valence-corrected chi connectivity index (χ0v) is 18.9. The number of nitrogens with one attached hydrogen (secondary N) is 1. The Morgan fingerprint density at radius 1 is 1.03 bits per heavy atom. The van der Waals surface area contributed by atoms with Gasteiger partial charge in [-0.3, -0.25) is 4.57 Å². The van der Waals surface area contributed by atoms with Crippen LogP contribution >= 0.6 is 0 Å². The van der Waals surface area contributed by atoms with Gasteiger partial charge in [-0.1, -0.05) is 37.3 Å². The van der Waals surface area contributed by atoms with E-state index in [0.29, 0.717) is 11.0 Å². The van der Waals surface area contributed by atoms with Crippen LogP contribution in [0.4, 0.5) is 13.6 Å². The maximum absolute atomic E-state index is 13.7. The van der Waals surface area contributed by atoms with E-state index in [1.807, 2.05) is 0 Å². The first-order valence-corrected chi connectivity index (χ1v) is 12.1. The molecule has 3 aromatic rings. The van der Waals surface area contributed by atoms with E-state index < -0.39 is 22.5 Å². The van der Waals surface area contributed by atoms with Crippen LogP contribution in [0.25, 0.3) is 11.0 Å². The van der Waals surface area contributed by atoms with Crippen molar-refractivity contribution in [2.45, 2.75) is 24.3 Å². The number of alkyl halides is 2. The van der Waals surface area contributed by atoms with Gasteiger partial charge >= 0.3 is 12.6 Å². The molecule has 1 atom stereocenters. The number of nitrogens with zero attached hydrogens (tertiary/aromatic N) is 4. The van der Waals surface area contributed by atoms with E-state index in [1.165, 1.54) is 9.21 Å². The van der Waals surface area contributed by atoms with E-state index in [0.717, 1.165) is 4.57 Å². The third-order valence-electron chi connectivity index (χ3n) is 5.73. The standard InChI is InChI=1S/C22H25F2N5O3S/c1-16(20-26-18-9-5-6-10-19(18)29(20)21(23)24)15-25-22(30)27-11-13-28(14-12-27)33(31,32)17-7-3-2-4-8-17/h2-10,16,21H,11-15H2,1H3,(H,25,30)/t16-/m1/s1. The topological polar surface area (TPSA) is 87.5 Å². The molecule has 1 aliphatic heterocycles. The van der Waals surface area contributed by atoms with Crippen LogP contribution in [0, 0.1) is 0 Å². The summed E-state index contributed by atoms with van der Waals surface area (Å²) >= 11 is 0. The second kappa shape index (κ2) is 9.44. The maximum atomic E-state index is 13.7. The second-order valence-corrected chi connectivity index (χ2v) is 9.84. The summed E-state index contributed by atoms with van der Waals surface area (Å²) in [5, 5.41) is 2.77. The van der Waals surface area contributed by atoms with Crippen molar-refractivity contribution in [3.05, 3.63) is 60.4 Å². The zero-order valence-electron chi connectivity index (χ0n) is 18.1. The highest BCUT2D eigenvalue weighted by Crippen LogP contribution is 2.27. The summed E-state index contributed by atoms with van der Waals surface area (Å²) in [4.78, 5) is 18.7. The number of hydrogen-bond donors (Lipinski definition) is 1. The lowest BCUT2D eigenvalue weighted by molar-refractivity contribution is 0.0704. The monoisotopic (exact) mass is 477 g/mol. The fourth-order valence-electron chi connectivity index (χ4n) is 3.93. The number of benzene rings is 2. The number of sulfonamides is 1. The molecule has 4 rings (SSSR count). The molecule has 0 unspecified atom stereocenters. The number of imidazole rings is 1. The summed E-state index contributed by atoms with van der Waals surface area (Å²) in [6, 6.07) is 14.5. The van der Waals surface area contributed by atoms with Gasteiger partial charge in [-0.25, -0.2) is 18.2 Å². The van der Waals surface area contributed by atoms with Gasteiger partial charge in [-0.15, -0.1) is 0 Å². The normalized spacial score (nSPS) is 16.3. The fraction of sp³-hybridized carbons (Fsp3) is 0.364. The third kappa shape index (κ3) is 4.69. The summed E-state index contributed by atoms with van der Waals surface area (Å²) in [7, 11) is -3.61. The highest BCUT2D eigenvalue weighted by molar-refractivity contribution is 7.89. The van der Waals surface area contributed by atoms with Crippen LogP contribution in [0.3, 0.4) is 0 Å². The lowest BCUT2D eigenvalue weighted by Crippen LogP contribution is -2.53. The van der Waals surface area contributed by atoms with Crippen LogP contribution in [0.2, 0.25) is 0 Å². The summed E-state index contributed by atoms with van der Waals surface area (Å²) in [5.74, 6) is -0.250. The first kappa shape index (κ1) is 23.1. The lowest BCUT2D eigenvalue weighted by Gasteiger charge is -2.34. The van der Waals surface area contributed by atoms with Gasteiger partial charge in [0.25, 0.3) is 0 Å². The third-order valence-corrected chi connectivity index (χ3v) is 7.64. The van der Waals surface area contributed by atoms with Crippen molar-refractivity contribution in [1.29, 1.82) is 0 Å². The predicted molar refractivity (Wildman–Crippen MR) is 120 cm³/mol. The maximum Gasteiger partial charge on any atom is 0.320 e. The molecule has 1 N–H and O–H groups in total. The first-order chi connectivity index (χ1) is 15.8. The minimum atomic E-state index is -3.61. The molecule has 33 heavy (non-hydrogen) atoms. The number of hydrogen-bond acceptors (Lipinski definition) is 4. The number of amides is 2. The van der Waals surface area contributed by atoms with Gasteiger partial charge in [0.1, 0.15) is 5.82 Å². The molecule has 11 heteroatoms. The van der Waals surface area contributed by atoms with Crippen LogP contribution in [-0.4, -0.2) is 65.9 Å². The molecular weight excluding hydrogens is 452 g/mol. The van der Waals surface area contributed by atoms with Crippen molar-refractivity contribution < 1.29 is 22.0 Å². The summed E-state index contributed by atoms with van der Waals surface area (Å²) in [5.41, 5.74) is 0.818. The Balaban J connectivity index is 1.36. The van der Waals surface area contributed by atoms with E-state index in [2.05, 4.69) is 10.3 Å². The molecule has 2 heterocycles. The molecule has 0 bridgehead atoms. The van der Waals surface area contributed by atoms with Crippen molar-refractivity contribution in [2.24, 2.45) is 0 Å². The van der Waals surface area contributed by atoms with Gasteiger partial charge in [-0.05, 0) is 24.3 Å². The van der Waals surface area contributed by atoms with Gasteiger partial charge < -0.3 is 10.2 Å². The number of para-hydroxylation sites is 2. The molecule has 0 aliphatic carbocycles. The van der Waals surface area contributed by atoms with Crippen molar-refractivity contribution in [2.75, 3.05) is 32.7 Å². The second-order valence-electron chi connectivity index (χ2n) is 7.90. The molecule has 2 amide bonds. The Morgan fingerprint density at radius 3 is 2.33 bits per heavy atom. The van der Waals surface area contributed by atoms with Crippen molar-refractivity contribution in [3.8, 4) is 0 Å². The number of urea groups is 1. The van der Waals surface area contributed by atoms with E-state index in [-0.39, 0.29) is 49.5 Å². The smallest absolute Gasteiger partial charge is 0.320 e. The Kier molecular flexibility index (Phi) is 6.61. The Morgan fingerprint density at radius 2 is 1.67 bits per heavy atom. The molecule has 0 radical (unpaired) electrons. The van der Waals surface area contributed by atoms with Crippen LogP contribution in [0.5, 0.6) is 0 Å². The van der Waals surface area contributed by atoms with Gasteiger partial charge in [0.05, 0.1) is 15.9 Å². The van der Waals surface area contributed by atoms with Gasteiger partial charge in [-0.2, -0.15) is 13.1 Å². The number of halogens is 2. The average molecular weight is 478 g/mol. The zero-order chi connectivity index (χ0) is 23.6. The SMILES string of the molecule is C[C@H](CNC(=O)N1CCN(S(=O)(=O)c2ccccc2)CC1)c1nc2ccccc2n1C(F)F. The summed E-state index contributed by atoms with van der Waals surface area (Å²) in [6.07, 6.45) is 0. The van der Waals surface area contributed by atoms with E-state index in [1.54, 1.807) is 61.5 Å². The van der Waals surface area contributed by atoms with Crippen LogP contribution in [0.15, 0.2) is 59.5 Å². The minimum Gasteiger partial charge on any atom is -0.337 e. The molecule has 0 saturated carbocycles. The highest BCUT2D eigenvalue weighted by Gasteiger charge is 2.30. The number of piperazine rings is 1. The molecule has 1 fully saturated rings. The largest absolute Gasteiger partial charge is 0.337 e. The van der Waals surface area contributed by atoms with Crippen molar-refractivity contribution in [1.82, 2.24) is 24.1 Å². The van der Waals surface area contributed by atoms with Crippen molar-refractivity contribution in [3.63, 3.8) is 0 Å². The molecule has 1 saturated heterocycles. The molecule has 2 aromatic carbocycles. The highest BCUT2D eigenvalue weighted by atomic mass is 32.2. The molecular formula is C22H25F2N5O3S.